The van der Waals surface area contributed by atoms with Crippen LogP contribution in [-0.4, -0.2) is 40.2 Å². The molecule has 0 aromatic carbocycles. The van der Waals surface area contributed by atoms with Crippen molar-refractivity contribution >= 4 is 41.4 Å². The zero-order valence-electron chi connectivity index (χ0n) is 18.9. The van der Waals surface area contributed by atoms with Crippen LogP contribution in [0.5, 0.6) is 0 Å². The fourth-order valence-electron chi connectivity index (χ4n) is 5.18. The van der Waals surface area contributed by atoms with Crippen LogP contribution in [0.1, 0.15) is 50.3 Å². The summed E-state index contributed by atoms with van der Waals surface area (Å²) in [6.45, 7) is 6.23. The first kappa shape index (κ1) is 23.6. The third kappa shape index (κ3) is 4.87. The van der Waals surface area contributed by atoms with E-state index in [2.05, 4.69) is 44.2 Å². The lowest BCUT2D eigenvalue weighted by Crippen LogP contribution is -2.44. The number of piperidine rings is 1. The van der Waals surface area contributed by atoms with E-state index < -0.39 is 0 Å². The van der Waals surface area contributed by atoms with Crippen molar-refractivity contribution in [1.29, 1.82) is 0 Å². The zero-order valence-corrected chi connectivity index (χ0v) is 20.5. The molecule has 3 heterocycles. The Bertz CT molecular complexity index is 1080. The number of rotatable bonds is 6. The van der Waals surface area contributed by atoms with Crippen LogP contribution in [0.15, 0.2) is 51.7 Å². The maximum atomic E-state index is 11.1. The first-order valence-electron chi connectivity index (χ1n) is 11.2. The number of hydrogen-bond donors (Lipinski definition) is 2. The molecule has 1 spiro atoms. The Morgan fingerprint density at radius 1 is 1.36 bits per heavy atom. The average molecular weight is 485 g/mol. The maximum Gasteiger partial charge on any atom is 0.211 e. The number of amides is 1. The fourth-order valence-corrected chi connectivity index (χ4v) is 6.18. The molecule has 0 radical (unpaired) electrons. The summed E-state index contributed by atoms with van der Waals surface area (Å²) < 4.78 is 0. The van der Waals surface area contributed by atoms with Gasteiger partial charge >= 0.3 is 0 Å². The van der Waals surface area contributed by atoms with Gasteiger partial charge in [-0.05, 0) is 61.6 Å². The molecule has 1 amide bonds. The summed E-state index contributed by atoms with van der Waals surface area (Å²) >= 11 is 7.53. The highest BCUT2D eigenvalue weighted by molar-refractivity contribution is 8.03. The van der Waals surface area contributed by atoms with E-state index in [1.807, 2.05) is 13.1 Å². The van der Waals surface area contributed by atoms with Crippen molar-refractivity contribution < 1.29 is 4.79 Å². The Morgan fingerprint density at radius 3 is 2.88 bits per heavy atom. The second-order valence-corrected chi connectivity index (χ2v) is 10.0. The molecule has 2 aromatic heterocycles. The van der Waals surface area contributed by atoms with Gasteiger partial charge in [-0.3, -0.25) is 9.78 Å². The molecular formula is C24H29ClN6OS. The van der Waals surface area contributed by atoms with Crippen molar-refractivity contribution in [3.05, 3.63) is 58.1 Å². The Balaban J connectivity index is 1.44. The van der Waals surface area contributed by atoms with Gasteiger partial charge in [-0.2, -0.15) is 0 Å². The van der Waals surface area contributed by atoms with E-state index in [-0.39, 0.29) is 5.82 Å². The van der Waals surface area contributed by atoms with Gasteiger partial charge in [-0.15, -0.1) is 0 Å². The second kappa shape index (κ2) is 10.1. The van der Waals surface area contributed by atoms with Gasteiger partial charge in [0.25, 0.3) is 0 Å². The Hall–Kier alpha value is -2.58. The van der Waals surface area contributed by atoms with Gasteiger partial charge in [-0.1, -0.05) is 36.4 Å². The number of fused-ring (bicyclic) bond motifs is 1. The van der Waals surface area contributed by atoms with Crippen LogP contribution in [0.4, 0.5) is 5.82 Å². The molecule has 0 saturated carbocycles. The van der Waals surface area contributed by atoms with Gasteiger partial charge in [0.2, 0.25) is 6.41 Å². The van der Waals surface area contributed by atoms with E-state index in [0.717, 1.165) is 44.6 Å². The number of carbonyl (C=O) groups is 1. The van der Waals surface area contributed by atoms with E-state index in [0.29, 0.717) is 32.7 Å². The summed E-state index contributed by atoms with van der Waals surface area (Å²) in [6, 6.07) is 6.08. The lowest BCUT2D eigenvalue weighted by molar-refractivity contribution is -0.108. The molecule has 1 fully saturated rings. The first-order valence-corrected chi connectivity index (χ1v) is 12.4. The normalized spacial score (nSPS) is 20.1. The third-order valence-electron chi connectivity index (χ3n) is 6.86. The van der Waals surface area contributed by atoms with Crippen LogP contribution < -0.4 is 11.1 Å². The number of thioether (sulfide) groups is 1. The monoisotopic (exact) mass is 484 g/mol. The summed E-state index contributed by atoms with van der Waals surface area (Å²) in [5.74, 6) is 1.76. The highest BCUT2D eigenvalue weighted by Crippen LogP contribution is 2.54. The number of aliphatic imine (C=N–C) groups is 1. The number of anilines is 1. The minimum absolute atomic E-state index is 0.253. The predicted molar refractivity (Wildman–Crippen MR) is 134 cm³/mol. The quantitative estimate of drug-likeness (QED) is 0.269. The molecule has 1 aliphatic heterocycles. The van der Waals surface area contributed by atoms with E-state index in [1.165, 1.54) is 23.0 Å². The number of hydrogen-bond acceptors (Lipinski definition) is 6. The molecule has 2 aromatic rings. The van der Waals surface area contributed by atoms with Gasteiger partial charge in [0, 0.05) is 36.1 Å². The Kier molecular flexibility index (Phi) is 7.24. The highest BCUT2D eigenvalue weighted by Gasteiger charge is 2.47. The molecule has 3 N–H and O–H groups in total. The summed E-state index contributed by atoms with van der Waals surface area (Å²) in [6.07, 6.45) is 10.3. The van der Waals surface area contributed by atoms with Crippen LogP contribution in [-0.2, 0) is 11.2 Å². The average Bonchev–Trinajstić information content (AvgIpc) is 3.13. The summed E-state index contributed by atoms with van der Waals surface area (Å²) in [7, 11) is 0. The first-order chi connectivity index (χ1) is 16.0. The molecule has 0 unspecified atom stereocenters. The number of nitrogen functional groups attached to an aromatic ring is 1. The van der Waals surface area contributed by atoms with Gasteiger partial charge in [0.1, 0.15) is 11.7 Å². The number of pyridine rings is 2. The smallest absolute Gasteiger partial charge is 0.211 e. The van der Waals surface area contributed by atoms with Gasteiger partial charge < -0.3 is 16.0 Å². The van der Waals surface area contributed by atoms with Gasteiger partial charge in [0.05, 0.1) is 16.3 Å². The Morgan fingerprint density at radius 2 is 2.15 bits per heavy atom. The number of nitrogens with two attached hydrogens (primary N) is 1. The molecular weight excluding hydrogens is 456 g/mol. The largest absolute Gasteiger partial charge is 0.382 e. The molecule has 1 saturated heterocycles. The van der Waals surface area contributed by atoms with Crippen LogP contribution in [0.25, 0.3) is 0 Å². The van der Waals surface area contributed by atoms with Crippen molar-refractivity contribution in [2.45, 2.75) is 50.3 Å². The predicted octanol–water partition coefficient (Wildman–Crippen LogP) is 4.60. The van der Waals surface area contributed by atoms with Crippen molar-refractivity contribution in [2.24, 2.45) is 10.4 Å². The molecule has 7 nitrogen and oxygen atoms in total. The van der Waals surface area contributed by atoms with E-state index in [9.17, 15) is 4.79 Å². The number of carbonyl (C=O) groups excluding carboxylic acids is 1. The number of likely N-dealkylation sites (tertiary alicyclic amines) is 1. The van der Waals surface area contributed by atoms with Crippen LogP contribution in [0.2, 0.25) is 5.02 Å². The standard InChI is InChI=1S/C24H29ClN6OS/c1-3-18-17-5-4-9-27-19(17)13-24(18)7-11-31(12-8-24)16(2)29-14-21(30-15-32)33-20-6-10-28-23(26)22(20)25/h4-6,9-10,14-15,18H,3,7-8,11-13H2,1-2H3,(H2,26,28)(H,30,32)/b21-14+,29-16?/t18-/m1/s1. The molecule has 9 heteroatoms. The van der Waals surface area contributed by atoms with Crippen LogP contribution >= 0.6 is 23.4 Å². The summed E-state index contributed by atoms with van der Waals surface area (Å²) in [5.41, 5.74) is 8.81. The van der Waals surface area contributed by atoms with E-state index in [1.54, 1.807) is 18.5 Å². The molecule has 1 atom stereocenters. The van der Waals surface area contributed by atoms with Crippen molar-refractivity contribution in [3.8, 4) is 0 Å². The second-order valence-electron chi connectivity index (χ2n) is 8.57. The maximum absolute atomic E-state index is 11.1. The summed E-state index contributed by atoms with van der Waals surface area (Å²) in [5, 5.41) is 3.62. The summed E-state index contributed by atoms with van der Waals surface area (Å²) in [4.78, 5) is 27.4. The molecule has 0 bridgehead atoms. The fraction of sp³-hybridized carbons (Fsp3) is 0.417. The highest BCUT2D eigenvalue weighted by atomic mass is 35.5. The van der Waals surface area contributed by atoms with E-state index in [4.69, 9.17) is 17.3 Å². The minimum atomic E-state index is 0.253. The SMILES string of the molecule is CC[C@@H]1c2cccnc2CC12CCN(C(C)=N/C=C(\NC=O)Sc1ccnc(N)c1Cl)CC2. The van der Waals surface area contributed by atoms with Crippen LogP contribution in [0.3, 0.4) is 0 Å². The lowest BCUT2D eigenvalue weighted by atomic mass is 9.68. The number of halogens is 1. The Labute approximate surface area is 203 Å². The topological polar surface area (TPSA) is 96.5 Å². The minimum Gasteiger partial charge on any atom is -0.382 e. The molecule has 174 valence electrons. The van der Waals surface area contributed by atoms with Gasteiger partial charge in [-0.25, -0.2) is 9.98 Å². The number of amidine groups is 1. The number of nitrogens with one attached hydrogen (secondary N) is 1. The lowest BCUT2D eigenvalue weighted by Gasteiger charge is -2.43. The molecule has 4 rings (SSSR count). The van der Waals surface area contributed by atoms with Crippen LogP contribution in [0, 0.1) is 5.41 Å². The molecule has 1 aliphatic carbocycles. The van der Waals surface area contributed by atoms with Crippen molar-refractivity contribution in [1.82, 2.24) is 20.2 Å². The van der Waals surface area contributed by atoms with Crippen molar-refractivity contribution in [2.75, 3.05) is 18.8 Å². The van der Waals surface area contributed by atoms with Crippen molar-refractivity contribution in [3.63, 3.8) is 0 Å². The zero-order chi connectivity index (χ0) is 23.4. The van der Waals surface area contributed by atoms with E-state index >= 15 is 0 Å². The molecule has 2 aliphatic rings. The number of aromatic nitrogens is 2. The number of nitrogens with zero attached hydrogens (tertiary/aromatic N) is 4. The van der Waals surface area contributed by atoms with Gasteiger partial charge in [0.15, 0.2) is 0 Å². The third-order valence-corrected chi connectivity index (χ3v) is 8.37. The molecule has 33 heavy (non-hydrogen) atoms.